The fourth-order valence-corrected chi connectivity index (χ4v) is 4.72. The van der Waals surface area contributed by atoms with E-state index in [0.717, 1.165) is 23.9 Å². The van der Waals surface area contributed by atoms with Crippen molar-refractivity contribution in [2.45, 2.75) is 36.8 Å². The first-order valence-electron chi connectivity index (χ1n) is 10.6. The van der Waals surface area contributed by atoms with Gasteiger partial charge in [-0.1, -0.05) is 36.7 Å². The van der Waals surface area contributed by atoms with Gasteiger partial charge in [-0.05, 0) is 49.2 Å². The van der Waals surface area contributed by atoms with E-state index < -0.39 is 0 Å². The number of nitrogens with zero attached hydrogens (tertiary/aromatic N) is 4. The molecule has 2 heterocycles. The van der Waals surface area contributed by atoms with Crippen molar-refractivity contribution >= 4 is 45.9 Å². The van der Waals surface area contributed by atoms with E-state index in [2.05, 4.69) is 25.8 Å². The van der Waals surface area contributed by atoms with Gasteiger partial charge in [-0.2, -0.15) is 0 Å². The van der Waals surface area contributed by atoms with Crippen molar-refractivity contribution in [3.8, 4) is 0 Å². The number of anilines is 1. The normalized spacial score (nSPS) is 14.1. The molecule has 0 bridgehead atoms. The van der Waals surface area contributed by atoms with Crippen LogP contribution in [0, 0.1) is 0 Å². The Labute approximate surface area is 188 Å². The smallest absolute Gasteiger partial charge is 0.251 e. The summed E-state index contributed by atoms with van der Waals surface area (Å²) in [4.78, 5) is 29.5. The predicted octanol–water partition coefficient (Wildman–Crippen LogP) is 3.68. The second kappa shape index (κ2) is 8.96. The molecule has 5 rings (SSSR count). The Morgan fingerprint density at radius 1 is 1.06 bits per heavy atom. The second-order valence-corrected chi connectivity index (χ2v) is 8.76. The number of hydrogen-bond donors (Lipinski definition) is 2. The summed E-state index contributed by atoms with van der Waals surface area (Å²) in [5.41, 5.74) is 3.60. The number of amides is 2. The number of thioether (sulfide) groups is 1. The van der Waals surface area contributed by atoms with Crippen LogP contribution >= 0.6 is 11.8 Å². The summed E-state index contributed by atoms with van der Waals surface area (Å²) in [5, 5.41) is 14.7. The van der Waals surface area contributed by atoms with Crippen molar-refractivity contribution in [2.24, 2.45) is 0 Å². The molecule has 0 radical (unpaired) electrons. The van der Waals surface area contributed by atoms with Crippen LogP contribution in [0.1, 0.15) is 36.0 Å². The van der Waals surface area contributed by atoms with Crippen LogP contribution in [0.2, 0.25) is 0 Å². The summed E-state index contributed by atoms with van der Waals surface area (Å²) in [7, 11) is 0. The van der Waals surface area contributed by atoms with Gasteiger partial charge in [0, 0.05) is 17.3 Å². The molecule has 1 aliphatic carbocycles. The largest absolute Gasteiger partial charge is 0.349 e. The highest BCUT2D eigenvalue weighted by molar-refractivity contribution is 8.00. The molecule has 9 heteroatoms. The summed E-state index contributed by atoms with van der Waals surface area (Å²) < 4.78 is 1.87. The van der Waals surface area contributed by atoms with Gasteiger partial charge in [-0.25, -0.2) is 4.98 Å². The van der Waals surface area contributed by atoms with Gasteiger partial charge in [-0.15, -0.1) is 10.2 Å². The maximum absolute atomic E-state index is 12.5. The molecule has 2 aromatic heterocycles. The van der Waals surface area contributed by atoms with Gasteiger partial charge in [-0.3, -0.25) is 14.0 Å². The maximum Gasteiger partial charge on any atom is 0.251 e. The SMILES string of the molecule is O=C(CSc1nc2ccccc2n2cnnc12)Nc1ccc(C(=O)NC2CCCC2)cc1. The molecule has 4 aromatic rings. The molecule has 162 valence electrons. The molecule has 1 fully saturated rings. The van der Waals surface area contributed by atoms with E-state index >= 15 is 0 Å². The molecule has 0 saturated heterocycles. The predicted molar refractivity (Wildman–Crippen MR) is 124 cm³/mol. The lowest BCUT2D eigenvalue weighted by Gasteiger charge is -2.12. The molecule has 0 atom stereocenters. The highest BCUT2D eigenvalue weighted by Gasteiger charge is 2.18. The zero-order valence-electron chi connectivity index (χ0n) is 17.3. The minimum Gasteiger partial charge on any atom is -0.349 e. The van der Waals surface area contributed by atoms with E-state index in [9.17, 15) is 9.59 Å². The van der Waals surface area contributed by atoms with Crippen LogP contribution in [-0.2, 0) is 4.79 Å². The molecule has 32 heavy (non-hydrogen) atoms. The van der Waals surface area contributed by atoms with Crippen LogP contribution < -0.4 is 10.6 Å². The Hall–Kier alpha value is -3.46. The van der Waals surface area contributed by atoms with Gasteiger partial charge in [0.05, 0.1) is 16.8 Å². The number of benzene rings is 2. The zero-order chi connectivity index (χ0) is 21.9. The Bertz CT molecular complexity index is 1280. The molecule has 0 spiro atoms. The zero-order valence-corrected chi connectivity index (χ0v) is 18.1. The fourth-order valence-electron chi connectivity index (χ4n) is 3.95. The molecular weight excluding hydrogens is 424 g/mol. The number of nitrogens with one attached hydrogen (secondary N) is 2. The van der Waals surface area contributed by atoms with Gasteiger partial charge in [0.2, 0.25) is 5.91 Å². The first-order valence-corrected chi connectivity index (χ1v) is 11.6. The number of carbonyl (C=O) groups excluding carboxylic acids is 2. The molecule has 2 amide bonds. The average molecular weight is 447 g/mol. The summed E-state index contributed by atoms with van der Waals surface area (Å²) in [6, 6.07) is 15.0. The van der Waals surface area contributed by atoms with Crippen LogP contribution in [0.25, 0.3) is 16.7 Å². The Balaban J connectivity index is 1.21. The van der Waals surface area contributed by atoms with Gasteiger partial charge in [0.1, 0.15) is 11.4 Å². The summed E-state index contributed by atoms with van der Waals surface area (Å²) in [6.07, 6.45) is 6.08. The van der Waals surface area contributed by atoms with Crippen molar-refractivity contribution in [1.29, 1.82) is 0 Å². The molecule has 1 saturated carbocycles. The van der Waals surface area contributed by atoms with E-state index in [1.165, 1.54) is 24.6 Å². The van der Waals surface area contributed by atoms with E-state index in [1.54, 1.807) is 30.6 Å². The Morgan fingerprint density at radius 2 is 1.84 bits per heavy atom. The van der Waals surface area contributed by atoms with Crippen molar-refractivity contribution < 1.29 is 9.59 Å². The maximum atomic E-state index is 12.5. The Kier molecular flexibility index (Phi) is 5.72. The van der Waals surface area contributed by atoms with Gasteiger partial charge >= 0.3 is 0 Å². The molecule has 2 aromatic carbocycles. The monoisotopic (exact) mass is 446 g/mol. The van der Waals surface area contributed by atoms with Gasteiger partial charge in [0.15, 0.2) is 5.65 Å². The number of aromatic nitrogens is 4. The number of carbonyl (C=O) groups is 2. The number of para-hydroxylation sites is 2. The highest BCUT2D eigenvalue weighted by Crippen LogP contribution is 2.24. The first kappa shape index (κ1) is 20.4. The third kappa shape index (κ3) is 4.29. The average Bonchev–Trinajstić information content (AvgIpc) is 3.50. The minimum atomic E-state index is -0.161. The van der Waals surface area contributed by atoms with Crippen molar-refractivity contribution in [1.82, 2.24) is 24.9 Å². The van der Waals surface area contributed by atoms with Crippen LogP contribution in [0.15, 0.2) is 59.9 Å². The molecule has 2 N–H and O–H groups in total. The van der Waals surface area contributed by atoms with Crippen LogP contribution in [0.4, 0.5) is 5.69 Å². The Morgan fingerprint density at radius 3 is 2.66 bits per heavy atom. The van der Waals surface area contributed by atoms with Crippen molar-refractivity contribution in [3.05, 3.63) is 60.4 Å². The quantitative estimate of drug-likeness (QED) is 0.438. The third-order valence-electron chi connectivity index (χ3n) is 5.56. The molecule has 8 nitrogen and oxygen atoms in total. The minimum absolute atomic E-state index is 0.0648. The van der Waals surface area contributed by atoms with Gasteiger partial charge in [0.25, 0.3) is 5.91 Å². The molecule has 0 unspecified atom stereocenters. The summed E-state index contributed by atoms with van der Waals surface area (Å²) in [6.45, 7) is 0. The topological polar surface area (TPSA) is 101 Å². The number of rotatable bonds is 6. The second-order valence-electron chi connectivity index (χ2n) is 7.80. The lowest BCUT2D eigenvalue weighted by atomic mass is 10.1. The number of fused-ring (bicyclic) bond motifs is 3. The van der Waals surface area contributed by atoms with E-state index in [4.69, 9.17) is 0 Å². The molecule has 0 aliphatic heterocycles. The highest BCUT2D eigenvalue weighted by atomic mass is 32.2. The van der Waals surface area contributed by atoms with Crippen molar-refractivity contribution in [2.75, 3.05) is 11.1 Å². The van der Waals surface area contributed by atoms with Gasteiger partial charge < -0.3 is 10.6 Å². The first-order chi connectivity index (χ1) is 15.7. The molecule has 1 aliphatic rings. The lowest BCUT2D eigenvalue weighted by molar-refractivity contribution is -0.113. The van der Waals surface area contributed by atoms with Crippen LogP contribution in [0.3, 0.4) is 0 Å². The lowest BCUT2D eigenvalue weighted by Crippen LogP contribution is -2.32. The fraction of sp³-hybridized carbons (Fsp3) is 0.261. The van der Waals surface area contributed by atoms with Crippen molar-refractivity contribution in [3.63, 3.8) is 0 Å². The van der Waals surface area contributed by atoms with E-state index in [1.807, 2.05) is 28.7 Å². The summed E-state index contributed by atoms with van der Waals surface area (Å²) in [5.74, 6) is -0.0477. The van der Waals surface area contributed by atoms with Crippen LogP contribution in [-0.4, -0.2) is 43.2 Å². The summed E-state index contributed by atoms with van der Waals surface area (Å²) >= 11 is 1.31. The van der Waals surface area contributed by atoms with E-state index in [0.29, 0.717) is 21.9 Å². The third-order valence-corrected chi connectivity index (χ3v) is 6.52. The van der Waals surface area contributed by atoms with E-state index in [-0.39, 0.29) is 23.6 Å². The standard InChI is InChI=1S/C23H22N6O2S/c30-20(25-17-11-9-15(10-12-17)22(31)26-16-5-1-2-6-16)13-32-23-21-28-24-14-29(21)19-8-4-3-7-18(19)27-23/h3-4,7-12,14,16H,1-2,5-6,13H2,(H,25,30)(H,26,31). The number of hydrogen-bond acceptors (Lipinski definition) is 6. The van der Waals surface area contributed by atoms with Crippen LogP contribution in [0.5, 0.6) is 0 Å². The molecular formula is C23H22N6O2S.